The molecule has 0 amide bonds. The molecule has 78 valence electrons. The molecule has 0 saturated heterocycles. The van der Waals surface area contributed by atoms with Gasteiger partial charge in [0.2, 0.25) is 0 Å². The SMILES string of the molecule is CC(N)Cc1ccc(C(F)F)c(F)c1. The predicted molar refractivity (Wildman–Crippen MR) is 48.7 cm³/mol. The van der Waals surface area contributed by atoms with Crippen LogP contribution < -0.4 is 5.73 Å². The second kappa shape index (κ2) is 4.46. The molecule has 1 nitrogen and oxygen atoms in total. The highest BCUT2D eigenvalue weighted by molar-refractivity contribution is 5.25. The van der Waals surface area contributed by atoms with Gasteiger partial charge in [-0.25, -0.2) is 13.2 Å². The largest absolute Gasteiger partial charge is 0.328 e. The molecule has 0 fully saturated rings. The van der Waals surface area contributed by atoms with E-state index in [0.717, 1.165) is 12.1 Å². The molecule has 0 saturated carbocycles. The van der Waals surface area contributed by atoms with Crippen molar-refractivity contribution in [3.63, 3.8) is 0 Å². The standard InChI is InChI=1S/C10H12F3N/c1-6(14)4-7-2-3-8(10(12)13)9(11)5-7/h2-3,5-6,10H,4,14H2,1H3. The first-order chi connectivity index (χ1) is 6.50. The predicted octanol–water partition coefficient (Wildman–Crippen LogP) is 2.65. The minimum atomic E-state index is -2.76. The van der Waals surface area contributed by atoms with Gasteiger partial charge in [0, 0.05) is 6.04 Å². The fourth-order valence-corrected chi connectivity index (χ4v) is 1.25. The molecule has 1 rings (SSSR count). The Kier molecular flexibility index (Phi) is 3.52. The lowest BCUT2D eigenvalue weighted by molar-refractivity contribution is 0.146. The Morgan fingerprint density at radius 3 is 2.43 bits per heavy atom. The third kappa shape index (κ3) is 2.73. The van der Waals surface area contributed by atoms with E-state index in [1.54, 1.807) is 6.92 Å². The van der Waals surface area contributed by atoms with Crippen LogP contribution >= 0.6 is 0 Å². The highest BCUT2D eigenvalue weighted by Crippen LogP contribution is 2.22. The number of alkyl halides is 2. The van der Waals surface area contributed by atoms with Gasteiger partial charge in [-0.3, -0.25) is 0 Å². The lowest BCUT2D eigenvalue weighted by Gasteiger charge is -2.07. The average Bonchev–Trinajstić information content (AvgIpc) is 2.01. The summed E-state index contributed by atoms with van der Waals surface area (Å²) in [6.07, 6.45) is -2.28. The van der Waals surface area contributed by atoms with Gasteiger partial charge in [-0.15, -0.1) is 0 Å². The molecule has 4 heteroatoms. The molecule has 1 aromatic carbocycles. The lowest BCUT2D eigenvalue weighted by atomic mass is 10.1. The lowest BCUT2D eigenvalue weighted by Crippen LogP contribution is -2.17. The van der Waals surface area contributed by atoms with Gasteiger partial charge >= 0.3 is 0 Å². The van der Waals surface area contributed by atoms with E-state index in [1.165, 1.54) is 6.07 Å². The highest BCUT2D eigenvalue weighted by atomic mass is 19.3. The van der Waals surface area contributed by atoms with Crippen LogP contribution in [0.3, 0.4) is 0 Å². The van der Waals surface area contributed by atoms with E-state index in [0.29, 0.717) is 12.0 Å². The van der Waals surface area contributed by atoms with Gasteiger partial charge in [-0.1, -0.05) is 12.1 Å². The quantitative estimate of drug-likeness (QED) is 0.802. The van der Waals surface area contributed by atoms with Gasteiger partial charge in [0.1, 0.15) is 5.82 Å². The zero-order valence-electron chi connectivity index (χ0n) is 7.81. The first kappa shape index (κ1) is 11.0. The van der Waals surface area contributed by atoms with E-state index in [4.69, 9.17) is 5.73 Å². The van der Waals surface area contributed by atoms with Crippen molar-refractivity contribution < 1.29 is 13.2 Å². The van der Waals surface area contributed by atoms with Crippen LogP contribution in [0.2, 0.25) is 0 Å². The summed E-state index contributed by atoms with van der Waals surface area (Å²) in [5.74, 6) is -0.863. The van der Waals surface area contributed by atoms with Gasteiger partial charge in [-0.05, 0) is 25.0 Å². The molecule has 0 heterocycles. The molecule has 1 atom stereocenters. The Morgan fingerprint density at radius 2 is 2.00 bits per heavy atom. The molecule has 0 radical (unpaired) electrons. The zero-order chi connectivity index (χ0) is 10.7. The van der Waals surface area contributed by atoms with Crippen molar-refractivity contribution in [1.29, 1.82) is 0 Å². The molecule has 0 aromatic heterocycles. The van der Waals surface area contributed by atoms with Crippen LogP contribution in [0, 0.1) is 5.82 Å². The molecule has 1 unspecified atom stereocenters. The Bertz CT molecular complexity index is 310. The van der Waals surface area contributed by atoms with E-state index in [1.807, 2.05) is 0 Å². The van der Waals surface area contributed by atoms with E-state index >= 15 is 0 Å². The van der Waals surface area contributed by atoms with Gasteiger partial charge < -0.3 is 5.73 Å². The molecule has 1 aromatic rings. The fourth-order valence-electron chi connectivity index (χ4n) is 1.25. The van der Waals surface area contributed by atoms with Crippen LogP contribution in [-0.2, 0) is 6.42 Å². The smallest absolute Gasteiger partial charge is 0.266 e. The molecule has 0 aliphatic carbocycles. The molecular weight excluding hydrogens is 191 g/mol. The Labute approximate surface area is 80.7 Å². The van der Waals surface area contributed by atoms with Gasteiger partial charge in [-0.2, -0.15) is 0 Å². The molecule has 0 spiro atoms. The molecule has 0 bridgehead atoms. The third-order valence-electron chi connectivity index (χ3n) is 1.86. The van der Waals surface area contributed by atoms with Crippen LogP contribution in [0.4, 0.5) is 13.2 Å². The number of rotatable bonds is 3. The van der Waals surface area contributed by atoms with Crippen molar-refractivity contribution in [1.82, 2.24) is 0 Å². The summed E-state index contributed by atoms with van der Waals surface area (Å²) in [4.78, 5) is 0. The maximum absolute atomic E-state index is 13.0. The van der Waals surface area contributed by atoms with E-state index in [9.17, 15) is 13.2 Å². The average molecular weight is 203 g/mol. The Hall–Kier alpha value is -1.03. The number of hydrogen-bond acceptors (Lipinski definition) is 1. The van der Waals surface area contributed by atoms with Crippen molar-refractivity contribution in [2.75, 3.05) is 0 Å². The summed E-state index contributed by atoms with van der Waals surface area (Å²) in [7, 11) is 0. The third-order valence-corrected chi connectivity index (χ3v) is 1.86. The first-order valence-electron chi connectivity index (χ1n) is 4.32. The van der Waals surface area contributed by atoms with Gasteiger partial charge in [0.25, 0.3) is 6.43 Å². The second-order valence-electron chi connectivity index (χ2n) is 3.34. The Morgan fingerprint density at radius 1 is 1.36 bits per heavy atom. The summed E-state index contributed by atoms with van der Waals surface area (Å²) in [5.41, 5.74) is 5.59. The highest BCUT2D eigenvalue weighted by Gasteiger charge is 2.13. The molecule has 14 heavy (non-hydrogen) atoms. The number of benzene rings is 1. The number of nitrogens with two attached hydrogens (primary N) is 1. The minimum absolute atomic E-state index is 0.105. The number of halogens is 3. The number of hydrogen-bond donors (Lipinski definition) is 1. The molecular formula is C10H12F3N. The van der Waals surface area contributed by atoms with E-state index in [-0.39, 0.29) is 6.04 Å². The van der Waals surface area contributed by atoms with Crippen molar-refractivity contribution in [3.05, 3.63) is 35.1 Å². The summed E-state index contributed by atoms with van der Waals surface area (Å²) in [6, 6.07) is 3.60. The zero-order valence-corrected chi connectivity index (χ0v) is 7.81. The van der Waals surface area contributed by atoms with Crippen LogP contribution in [0.1, 0.15) is 24.5 Å². The van der Waals surface area contributed by atoms with Gasteiger partial charge in [0.15, 0.2) is 0 Å². The second-order valence-corrected chi connectivity index (χ2v) is 3.34. The van der Waals surface area contributed by atoms with E-state index in [2.05, 4.69) is 0 Å². The Balaban J connectivity index is 2.89. The normalized spacial score (nSPS) is 13.3. The van der Waals surface area contributed by atoms with Crippen molar-refractivity contribution in [3.8, 4) is 0 Å². The minimum Gasteiger partial charge on any atom is -0.328 e. The maximum Gasteiger partial charge on any atom is 0.266 e. The van der Waals surface area contributed by atoms with Crippen LogP contribution in [-0.4, -0.2) is 6.04 Å². The van der Waals surface area contributed by atoms with Gasteiger partial charge in [0.05, 0.1) is 5.56 Å². The van der Waals surface area contributed by atoms with E-state index < -0.39 is 17.8 Å². The monoisotopic (exact) mass is 203 g/mol. The van der Waals surface area contributed by atoms with Crippen LogP contribution in [0.5, 0.6) is 0 Å². The first-order valence-corrected chi connectivity index (χ1v) is 4.32. The maximum atomic E-state index is 13.0. The summed E-state index contributed by atoms with van der Waals surface area (Å²) < 4.78 is 37.3. The fraction of sp³-hybridized carbons (Fsp3) is 0.400. The van der Waals surface area contributed by atoms with Crippen molar-refractivity contribution >= 4 is 0 Å². The van der Waals surface area contributed by atoms with Crippen molar-refractivity contribution in [2.45, 2.75) is 25.8 Å². The van der Waals surface area contributed by atoms with Crippen LogP contribution in [0.15, 0.2) is 18.2 Å². The molecule has 0 aliphatic rings. The molecule has 0 aliphatic heterocycles. The van der Waals surface area contributed by atoms with Crippen molar-refractivity contribution in [2.24, 2.45) is 5.73 Å². The summed E-state index contributed by atoms with van der Waals surface area (Å²) in [5, 5.41) is 0. The summed E-state index contributed by atoms with van der Waals surface area (Å²) >= 11 is 0. The molecule has 2 N–H and O–H groups in total. The summed E-state index contributed by atoms with van der Waals surface area (Å²) in [6.45, 7) is 1.78. The van der Waals surface area contributed by atoms with Crippen LogP contribution in [0.25, 0.3) is 0 Å². The topological polar surface area (TPSA) is 26.0 Å².